The maximum absolute atomic E-state index is 12.1. The van der Waals surface area contributed by atoms with Crippen LogP contribution in [0.1, 0.15) is 32.4 Å². The summed E-state index contributed by atoms with van der Waals surface area (Å²) < 4.78 is 6.14. The van der Waals surface area contributed by atoms with E-state index in [-0.39, 0.29) is 42.9 Å². The molecule has 2 amide bonds. The van der Waals surface area contributed by atoms with Gasteiger partial charge in [-0.2, -0.15) is 10.1 Å². The van der Waals surface area contributed by atoms with Crippen LogP contribution in [0.15, 0.2) is 41.2 Å². The molecule has 0 radical (unpaired) electrons. The molecule has 0 atom stereocenters. The van der Waals surface area contributed by atoms with Gasteiger partial charge in [-0.3, -0.25) is 24.4 Å². The van der Waals surface area contributed by atoms with E-state index in [0.717, 1.165) is 11.8 Å². The van der Waals surface area contributed by atoms with Crippen molar-refractivity contribution in [3.05, 3.63) is 69.6 Å². The van der Waals surface area contributed by atoms with Crippen molar-refractivity contribution in [3.8, 4) is 0 Å². The van der Waals surface area contributed by atoms with Gasteiger partial charge in [0, 0.05) is 18.7 Å². The number of hydrogen-bond donors (Lipinski definition) is 2. The quantitative estimate of drug-likeness (QED) is 0.318. The first kappa shape index (κ1) is 19.7. The summed E-state index contributed by atoms with van der Waals surface area (Å²) in [5, 5.41) is 23.4. The summed E-state index contributed by atoms with van der Waals surface area (Å²) in [5.74, 6) is -0.945. The van der Waals surface area contributed by atoms with Crippen LogP contribution in [-0.4, -0.2) is 49.7 Å². The van der Waals surface area contributed by atoms with E-state index in [1.165, 1.54) is 10.9 Å². The fourth-order valence-corrected chi connectivity index (χ4v) is 2.44. The van der Waals surface area contributed by atoms with Crippen LogP contribution in [0.25, 0.3) is 0 Å². The highest BCUT2D eigenvalue weighted by atomic mass is 16.6. The molecule has 0 unspecified atom stereocenters. The molecule has 0 aliphatic heterocycles. The lowest BCUT2D eigenvalue weighted by Gasteiger charge is -2.07. The Morgan fingerprint density at radius 1 is 1.21 bits per heavy atom. The number of rotatable bonds is 8. The molecule has 0 bridgehead atoms. The minimum Gasteiger partial charge on any atom is -0.350 e. The molecule has 150 valence electrons. The highest BCUT2D eigenvalue weighted by molar-refractivity contribution is 5.95. The average Bonchev–Trinajstić information content (AvgIpc) is 3.35. The zero-order chi connectivity index (χ0) is 20.8. The number of aromatic nitrogens is 4. The van der Waals surface area contributed by atoms with Gasteiger partial charge >= 0.3 is 17.5 Å². The first-order chi connectivity index (χ1) is 13.9. The molecule has 0 spiro atoms. The Balaban J connectivity index is 1.46. The Morgan fingerprint density at radius 3 is 2.62 bits per heavy atom. The first-order valence-electron chi connectivity index (χ1n) is 8.55. The van der Waals surface area contributed by atoms with Gasteiger partial charge in [-0.1, -0.05) is 23.4 Å². The van der Waals surface area contributed by atoms with Crippen LogP contribution < -0.4 is 10.6 Å². The van der Waals surface area contributed by atoms with Crippen molar-refractivity contribution in [2.24, 2.45) is 0 Å². The van der Waals surface area contributed by atoms with Gasteiger partial charge in [0.05, 0.1) is 4.92 Å². The molecule has 0 saturated heterocycles. The maximum atomic E-state index is 12.1. The number of aryl methyl sites for hydroxylation is 1. The summed E-state index contributed by atoms with van der Waals surface area (Å²) in [7, 11) is 0. The third-order valence-electron chi connectivity index (χ3n) is 3.88. The Labute approximate surface area is 164 Å². The summed E-state index contributed by atoms with van der Waals surface area (Å²) in [4.78, 5) is 38.1. The number of amides is 2. The summed E-state index contributed by atoms with van der Waals surface area (Å²) >= 11 is 0. The molecule has 2 heterocycles. The minimum absolute atomic E-state index is 0.0110. The van der Waals surface area contributed by atoms with Gasteiger partial charge in [0.2, 0.25) is 0 Å². The van der Waals surface area contributed by atoms with Crippen molar-refractivity contribution in [1.82, 2.24) is 30.6 Å². The Hall–Kier alpha value is -4.09. The lowest BCUT2D eigenvalue weighted by Crippen LogP contribution is -2.35. The SMILES string of the molecule is Cc1ccccc1C(=O)NCCNC(=O)c1nc(Cn2cc([N+](=O)[O-])cn2)no1. The Morgan fingerprint density at radius 2 is 1.93 bits per heavy atom. The normalized spacial score (nSPS) is 10.5. The van der Waals surface area contributed by atoms with E-state index in [0.29, 0.717) is 5.56 Å². The molecule has 1 aromatic carbocycles. The Bertz CT molecular complexity index is 1040. The van der Waals surface area contributed by atoms with Gasteiger partial charge < -0.3 is 15.2 Å². The van der Waals surface area contributed by atoms with E-state index in [1.807, 2.05) is 19.1 Å². The predicted molar refractivity (Wildman–Crippen MR) is 98.1 cm³/mol. The standard InChI is InChI=1S/C17H17N7O5/c1-11-4-2-3-5-13(11)15(25)18-6-7-19-16(26)17-21-14(22-29-17)10-23-9-12(8-20-23)24(27)28/h2-5,8-9H,6-7,10H2,1H3,(H,18,25)(H,19,26). The van der Waals surface area contributed by atoms with Gasteiger partial charge in [0.15, 0.2) is 5.82 Å². The third kappa shape index (κ3) is 5.00. The molecule has 0 saturated carbocycles. The fraction of sp³-hybridized carbons (Fsp3) is 0.235. The van der Waals surface area contributed by atoms with Crippen LogP contribution in [0.2, 0.25) is 0 Å². The van der Waals surface area contributed by atoms with Gasteiger partial charge in [-0.15, -0.1) is 0 Å². The van der Waals surface area contributed by atoms with E-state index < -0.39 is 10.8 Å². The van der Waals surface area contributed by atoms with Gasteiger partial charge in [0.1, 0.15) is 18.9 Å². The lowest BCUT2D eigenvalue weighted by molar-refractivity contribution is -0.385. The largest absolute Gasteiger partial charge is 0.350 e. The van der Waals surface area contributed by atoms with Crippen molar-refractivity contribution in [3.63, 3.8) is 0 Å². The molecule has 0 aliphatic rings. The van der Waals surface area contributed by atoms with Gasteiger partial charge in [-0.05, 0) is 18.6 Å². The number of carbonyl (C=O) groups is 2. The van der Waals surface area contributed by atoms with E-state index in [4.69, 9.17) is 4.52 Å². The fourth-order valence-electron chi connectivity index (χ4n) is 2.44. The molecule has 3 aromatic rings. The van der Waals surface area contributed by atoms with Crippen LogP contribution >= 0.6 is 0 Å². The summed E-state index contributed by atoms with van der Waals surface area (Å²) in [6.45, 7) is 2.23. The molecular formula is C17H17N7O5. The lowest BCUT2D eigenvalue weighted by atomic mass is 10.1. The van der Waals surface area contributed by atoms with Gasteiger partial charge in [0.25, 0.3) is 5.91 Å². The number of nitrogens with one attached hydrogen (secondary N) is 2. The van der Waals surface area contributed by atoms with Crippen molar-refractivity contribution in [2.45, 2.75) is 13.5 Å². The summed E-state index contributed by atoms with van der Waals surface area (Å²) in [6, 6.07) is 7.18. The van der Waals surface area contributed by atoms with E-state index in [2.05, 4.69) is 25.9 Å². The zero-order valence-corrected chi connectivity index (χ0v) is 15.4. The molecule has 12 heteroatoms. The second-order valence-electron chi connectivity index (χ2n) is 6.00. The Kier molecular flexibility index (Phi) is 5.92. The van der Waals surface area contributed by atoms with Crippen molar-refractivity contribution >= 4 is 17.5 Å². The molecule has 12 nitrogen and oxygen atoms in total. The van der Waals surface area contributed by atoms with Crippen LogP contribution in [0.4, 0.5) is 5.69 Å². The summed E-state index contributed by atoms with van der Waals surface area (Å²) in [5.41, 5.74) is 1.26. The first-order valence-corrected chi connectivity index (χ1v) is 8.55. The monoisotopic (exact) mass is 399 g/mol. The number of nitro groups is 1. The smallest absolute Gasteiger partial charge is 0.316 e. The van der Waals surface area contributed by atoms with Crippen LogP contribution in [0.5, 0.6) is 0 Å². The molecule has 2 aromatic heterocycles. The van der Waals surface area contributed by atoms with Crippen molar-refractivity contribution < 1.29 is 19.0 Å². The minimum atomic E-state index is -0.597. The molecule has 29 heavy (non-hydrogen) atoms. The van der Waals surface area contributed by atoms with Crippen LogP contribution in [0, 0.1) is 17.0 Å². The van der Waals surface area contributed by atoms with E-state index >= 15 is 0 Å². The van der Waals surface area contributed by atoms with Crippen LogP contribution in [-0.2, 0) is 6.54 Å². The van der Waals surface area contributed by atoms with Crippen LogP contribution in [0.3, 0.4) is 0 Å². The number of nitrogens with zero attached hydrogens (tertiary/aromatic N) is 5. The third-order valence-corrected chi connectivity index (χ3v) is 3.88. The number of carbonyl (C=O) groups excluding carboxylic acids is 2. The molecule has 3 rings (SSSR count). The number of hydrogen-bond acceptors (Lipinski definition) is 8. The molecular weight excluding hydrogens is 382 g/mol. The topological polar surface area (TPSA) is 158 Å². The predicted octanol–water partition coefficient (Wildman–Crippen LogP) is 0.691. The average molecular weight is 399 g/mol. The van der Waals surface area contributed by atoms with E-state index in [1.54, 1.807) is 12.1 Å². The highest BCUT2D eigenvalue weighted by Gasteiger charge is 2.16. The van der Waals surface area contributed by atoms with Crippen molar-refractivity contribution in [1.29, 1.82) is 0 Å². The maximum Gasteiger partial charge on any atom is 0.316 e. The summed E-state index contributed by atoms with van der Waals surface area (Å²) in [6.07, 6.45) is 2.31. The second-order valence-corrected chi connectivity index (χ2v) is 6.00. The second kappa shape index (κ2) is 8.73. The van der Waals surface area contributed by atoms with Crippen molar-refractivity contribution in [2.75, 3.05) is 13.1 Å². The molecule has 2 N–H and O–H groups in total. The zero-order valence-electron chi connectivity index (χ0n) is 15.4. The molecule has 0 fully saturated rings. The van der Waals surface area contributed by atoms with Gasteiger partial charge in [-0.25, -0.2) is 0 Å². The van der Waals surface area contributed by atoms with E-state index in [9.17, 15) is 19.7 Å². The number of benzene rings is 1. The highest BCUT2D eigenvalue weighted by Crippen LogP contribution is 2.09. The molecule has 0 aliphatic carbocycles.